The van der Waals surface area contributed by atoms with Gasteiger partial charge in [-0.05, 0) is 51.9 Å². The molecule has 1 rings (SSSR count). The molecule has 0 bridgehead atoms. The number of rotatable bonds is 4. The lowest BCUT2D eigenvalue weighted by atomic mass is 9.95. The van der Waals surface area contributed by atoms with Crippen molar-refractivity contribution in [3.05, 3.63) is 0 Å². The molecule has 1 heterocycles. The monoisotopic (exact) mass is 227 g/mol. The van der Waals surface area contributed by atoms with Crippen molar-refractivity contribution in [2.75, 3.05) is 39.8 Å². The summed E-state index contributed by atoms with van der Waals surface area (Å²) < 4.78 is 0. The lowest BCUT2D eigenvalue weighted by Crippen LogP contribution is -2.43. The quantitative estimate of drug-likeness (QED) is 0.784. The van der Waals surface area contributed by atoms with E-state index in [-0.39, 0.29) is 0 Å². The van der Waals surface area contributed by atoms with Crippen LogP contribution in [0.4, 0.5) is 0 Å². The molecule has 2 unspecified atom stereocenters. The topological polar surface area (TPSA) is 32.5 Å². The minimum Gasteiger partial charge on any atom is -0.330 e. The summed E-state index contributed by atoms with van der Waals surface area (Å²) in [6.07, 6.45) is 1.29. The van der Waals surface area contributed by atoms with Crippen LogP contribution in [-0.4, -0.2) is 55.6 Å². The van der Waals surface area contributed by atoms with Gasteiger partial charge in [0.05, 0.1) is 0 Å². The second kappa shape index (κ2) is 6.58. The van der Waals surface area contributed by atoms with Crippen LogP contribution in [0.3, 0.4) is 0 Å². The Morgan fingerprint density at radius 2 is 2.00 bits per heavy atom. The van der Waals surface area contributed by atoms with E-state index in [0.29, 0.717) is 17.9 Å². The molecule has 3 nitrogen and oxygen atoms in total. The van der Waals surface area contributed by atoms with E-state index in [1.807, 2.05) is 0 Å². The molecule has 0 aromatic heterocycles. The van der Waals surface area contributed by atoms with Gasteiger partial charge < -0.3 is 10.6 Å². The standard InChI is InChI=1S/C13H29N3/c1-11(2)13(8-14)10-16-7-5-6-15(4)9-12(16)3/h11-13H,5-10,14H2,1-4H3. The van der Waals surface area contributed by atoms with E-state index in [2.05, 4.69) is 37.6 Å². The first kappa shape index (κ1) is 13.9. The lowest BCUT2D eigenvalue weighted by molar-refractivity contribution is 0.158. The number of likely N-dealkylation sites (N-methyl/N-ethyl adjacent to an activating group) is 1. The highest BCUT2D eigenvalue weighted by atomic mass is 15.2. The minimum absolute atomic E-state index is 0.644. The summed E-state index contributed by atoms with van der Waals surface area (Å²) in [7, 11) is 2.23. The first-order chi connectivity index (χ1) is 7.54. The van der Waals surface area contributed by atoms with E-state index in [4.69, 9.17) is 5.73 Å². The van der Waals surface area contributed by atoms with Crippen molar-refractivity contribution in [1.29, 1.82) is 0 Å². The van der Waals surface area contributed by atoms with Crippen molar-refractivity contribution < 1.29 is 0 Å². The largest absolute Gasteiger partial charge is 0.330 e. The highest BCUT2D eigenvalue weighted by molar-refractivity contribution is 4.78. The van der Waals surface area contributed by atoms with E-state index in [1.54, 1.807) is 0 Å². The molecule has 0 aliphatic carbocycles. The highest BCUT2D eigenvalue weighted by Crippen LogP contribution is 2.15. The Bertz CT molecular complexity index is 194. The molecule has 0 aromatic rings. The summed E-state index contributed by atoms with van der Waals surface area (Å²) in [5.74, 6) is 1.34. The van der Waals surface area contributed by atoms with E-state index < -0.39 is 0 Å². The predicted molar refractivity (Wildman–Crippen MR) is 70.5 cm³/mol. The van der Waals surface area contributed by atoms with E-state index >= 15 is 0 Å². The van der Waals surface area contributed by atoms with Crippen molar-refractivity contribution in [2.24, 2.45) is 17.6 Å². The molecule has 16 heavy (non-hydrogen) atoms. The second-order valence-electron chi connectivity index (χ2n) is 5.70. The summed E-state index contributed by atoms with van der Waals surface area (Å²) in [5.41, 5.74) is 5.87. The molecule has 0 saturated carbocycles. The van der Waals surface area contributed by atoms with E-state index in [0.717, 1.165) is 6.54 Å². The average Bonchev–Trinajstić information content (AvgIpc) is 2.36. The van der Waals surface area contributed by atoms with Crippen LogP contribution >= 0.6 is 0 Å². The Balaban J connectivity index is 2.50. The molecule has 2 N–H and O–H groups in total. The highest BCUT2D eigenvalue weighted by Gasteiger charge is 2.23. The Kier molecular flexibility index (Phi) is 5.73. The lowest BCUT2D eigenvalue weighted by Gasteiger charge is -2.32. The maximum absolute atomic E-state index is 5.87. The van der Waals surface area contributed by atoms with Crippen molar-refractivity contribution in [3.8, 4) is 0 Å². The van der Waals surface area contributed by atoms with Gasteiger partial charge in [0.15, 0.2) is 0 Å². The van der Waals surface area contributed by atoms with Gasteiger partial charge >= 0.3 is 0 Å². The van der Waals surface area contributed by atoms with Crippen LogP contribution in [0.25, 0.3) is 0 Å². The normalized spacial score (nSPS) is 27.0. The molecule has 1 aliphatic rings. The molecule has 3 heteroatoms. The molecule has 0 amide bonds. The SMILES string of the molecule is CC(C)C(CN)CN1CCCN(C)CC1C. The van der Waals surface area contributed by atoms with Crippen LogP contribution in [0, 0.1) is 11.8 Å². The zero-order valence-electron chi connectivity index (χ0n) is 11.4. The molecular weight excluding hydrogens is 198 g/mol. The average molecular weight is 227 g/mol. The van der Waals surface area contributed by atoms with Crippen molar-refractivity contribution in [2.45, 2.75) is 33.2 Å². The Morgan fingerprint density at radius 3 is 2.56 bits per heavy atom. The third-order valence-corrected chi connectivity index (χ3v) is 3.90. The first-order valence-corrected chi connectivity index (χ1v) is 6.67. The fourth-order valence-corrected chi connectivity index (χ4v) is 2.55. The van der Waals surface area contributed by atoms with Crippen LogP contribution in [0.2, 0.25) is 0 Å². The number of nitrogens with two attached hydrogens (primary N) is 1. The summed E-state index contributed by atoms with van der Waals surface area (Å²) in [5, 5.41) is 0. The predicted octanol–water partition coefficient (Wildman–Crippen LogP) is 1.24. The van der Waals surface area contributed by atoms with Gasteiger partial charge in [-0.2, -0.15) is 0 Å². The van der Waals surface area contributed by atoms with Gasteiger partial charge in [-0.3, -0.25) is 4.90 Å². The molecule has 1 saturated heterocycles. The van der Waals surface area contributed by atoms with Crippen LogP contribution in [0.1, 0.15) is 27.2 Å². The number of hydrogen-bond acceptors (Lipinski definition) is 3. The van der Waals surface area contributed by atoms with Gasteiger partial charge in [0.2, 0.25) is 0 Å². The van der Waals surface area contributed by atoms with Gasteiger partial charge in [0.25, 0.3) is 0 Å². The van der Waals surface area contributed by atoms with Crippen LogP contribution in [0.15, 0.2) is 0 Å². The summed E-state index contributed by atoms with van der Waals surface area (Å²) in [4.78, 5) is 5.07. The van der Waals surface area contributed by atoms with Crippen LogP contribution in [-0.2, 0) is 0 Å². The molecule has 0 spiro atoms. The van der Waals surface area contributed by atoms with Crippen molar-refractivity contribution in [1.82, 2.24) is 9.80 Å². The van der Waals surface area contributed by atoms with Gasteiger partial charge in [-0.1, -0.05) is 13.8 Å². The zero-order chi connectivity index (χ0) is 12.1. The third-order valence-electron chi connectivity index (χ3n) is 3.90. The van der Waals surface area contributed by atoms with Crippen LogP contribution < -0.4 is 5.73 Å². The van der Waals surface area contributed by atoms with E-state index in [1.165, 1.54) is 32.6 Å². The fraction of sp³-hybridized carbons (Fsp3) is 1.00. The summed E-state index contributed by atoms with van der Waals surface area (Å²) in [6, 6.07) is 0.667. The minimum atomic E-state index is 0.644. The Hall–Kier alpha value is -0.120. The van der Waals surface area contributed by atoms with Crippen LogP contribution in [0.5, 0.6) is 0 Å². The first-order valence-electron chi connectivity index (χ1n) is 6.67. The third kappa shape index (κ3) is 4.04. The van der Waals surface area contributed by atoms with Gasteiger partial charge in [0.1, 0.15) is 0 Å². The fourth-order valence-electron chi connectivity index (χ4n) is 2.55. The second-order valence-corrected chi connectivity index (χ2v) is 5.70. The molecule has 0 radical (unpaired) electrons. The smallest absolute Gasteiger partial charge is 0.0194 e. The maximum atomic E-state index is 5.87. The molecular formula is C13H29N3. The summed E-state index contributed by atoms with van der Waals surface area (Å²) >= 11 is 0. The Labute approximate surface area is 101 Å². The molecule has 96 valence electrons. The zero-order valence-corrected chi connectivity index (χ0v) is 11.4. The molecule has 1 aliphatic heterocycles. The molecule has 2 atom stereocenters. The Morgan fingerprint density at radius 1 is 1.31 bits per heavy atom. The maximum Gasteiger partial charge on any atom is 0.0194 e. The molecule has 1 fully saturated rings. The van der Waals surface area contributed by atoms with Crippen molar-refractivity contribution >= 4 is 0 Å². The van der Waals surface area contributed by atoms with E-state index in [9.17, 15) is 0 Å². The van der Waals surface area contributed by atoms with Gasteiger partial charge in [-0.25, -0.2) is 0 Å². The summed E-state index contributed by atoms with van der Waals surface area (Å²) in [6.45, 7) is 12.5. The van der Waals surface area contributed by atoms with Gasteiger partial charge in [-0.15, -0.1) is 0 Å². The van der Waals surface area contributed by atoms with Gasteiger partial charge in [0, 0.05) is 19.1 Å². The van der Waals surface area contributed by atoms with Crippen molar-refractivity contribution in [3.63, 3.8) is 0 Å². The number of nitrogens with zero attached hydrogens (tertiary/aromatic N) is 2. The number of hydrogen-bond donors (Lipinski definition) is 1. The molecule has 0 aromatic carbocycles.